The van der Waals surface area contributed by atoms with Crippen LogP contribution in [0.1, 0.15) is 17.2 Å². The van der Waals surface area contributed by atoms with Gasteiger partial charge in [-0.2, -0.15) is 0 Å². The molecule has 5 heteroatoms. The Balaban J connectivity index is 3.22. The van der Waals surface area contributed by atoms with Crippen molar-refractivity contribution in [1.82, 2.24) is 0 Å². The molecule has 0 bridgehead atoms. The van der Waals surface area contributed by atoms with Gasteiger partial charge in [-0.3, -0.25) is 0 Å². The summed E-state index contributed by atoms with van der Waals surface area (Å²) in [5.41, 5.74) is 5.77. The maximum atomic E-state index is 14.0. The number of ether oxygens (including phenoxy) is 2. The summed E-state index contributed by atoms with van der Waals surface area (Å²) in [5, 5.41) is 9.63. The highest BCUT2D eigenvalue weighted by Crippen LogP contribution is 2.29. The van der Waals surface area contributed by atoms with Gasteiger partial charge in [-0.25, -0.2) is 4.39 Å². The summed E-state index contributed by atoms with van der Waals surface area (Å²) in [6.45, 7) is 0.0732. The van der Waals surface area contributed by atoms with E-state index in [1.165, 1.54) is 14.2 Å². The Morgan fingerprint density at radius 1 is 1.44 bits per heavy atom. The van der Waals surface area contributed by atoms with E-state index < -0.39 is 11.9 Å². The van der Waals surface area contributed by atoms with Crippen LogP contribution in [0.3, 0.4) is 0 Å². The van der Waals surface area contributed by atoms with E-state index in [4.69, 9.17) is 15.2 Å². The highest BCUT2D eigenvalue weighted by atomic mass is 19.1. The molecule has 1 atom stereocenters. The topological polar surface area (TPSA) is 64.7 Å². The van der Waals surface area contributed by atoms with Gasteiger partial charge in [-0.1, -0.05) is 6.07 Å². The van der Waals surface area contributed by atoms with E-state index in [0.29, 0.717) is 5.56 Å². The monoisotopic (exact) mass is 229 g/mol. The number of halogens is 1. The van der Waals surface area contributed by atoms with Gasteiger partial charge >= 0.3 is 0 Å². The van der Waals surface area contributed by atoms with Crippen molar-refractivity contribution in [2.45, 2.75) is 12.7 Å². The molecule has 1 aromatic rings. The van der Waals surface area contributed by atoms with E-state index in [2.05, 4.69) is 0 Å². The van der Waals surface area contributed by atoms with Crippen LogP contribution in [0.4, 0.5) is 4.39 Å². The van der Waals surface area contributed by atoms with Crippen molar-refractivity contribution in [3.63, 3.8) is 0 Å². The van der Waals surface area contributed by atoms with Crippen LogP contribution in [-0.2, 0) is 11.3 Å². The van der Waals surface area contributed by atoms with Gasteiger partial charge in [-0.15, -0.1) is 0 Å². The predicted octanol–water partition coefficient (Wildman–Crippen LogP) is 0.973. The molecule has 0 saturated carbocycles. The summed E-state index contributed by atoms with van der Waals surface area (Å²) in [4.78, 5) is 0. The molecular weight excluding hydrogens is 213 g/mol. The van der Waals surface area contributed by atoms with E-state index in [1.807, 2.05) is 0 Å². The Labute approximate surface area is 93.8 Å². The maximum Gasteiger partial charge on any atom is 0.138 e. The highest BCUT2D eigenvalue weighted by Gasteiger charge is 2.19. The molecule has 16 heavy (non-hydrogen) atoms. The second kappa shape index (κ2) is 5.79. The van der Waals surface area contributed by atoms with Crippen LogP contribution in [0.2, 0.25) is 0 Å². The summed E-state index contributed by atoms with van der Waals surface area (Å²) >= 11 is 0. The molecule has 0 amide bonds. The maximum absolute atomic E-state index is 14.0. The number of methoxy groups -OCH3 is 2. The van der Waals surface area contributed by atoms with Gasteiger partial charge < -0.3 is 20.3 Å². The van der Waals surface area contributed by atoms with Crippen LogP contribution in [0.15, 0.2) is 12.1 Å². The van der Waals surface area contributed by atoms with Gasteiger partial charge in [0.1, 0.15) is 11.6 Å². The third-order valence-electron chi connectivity index (χ3n) is 2.30. The van der Waals surface area contributed by atoms with E-state index in [0.717, 1.165) is 0 Å². The van der Waals surface area contributed by atoms with Gasteiger partial charge in [0.2, 0.25) is 0 Å². The van der Waals surface area contributed by atoms with Gasteiger partial charge in [0.05, 0.1) is 25.4 Å². The molecule has 0 fully saturated rings. The van der Waals surface area contributed by atoms with E-state index in [9.17, 15) is 9.50 Å². The molecule has 0 aliphatic rings. The minimum atomic E-state index is -1.08. The molecule has 0 saturated heterocycles. The molecule has 0 spiro atoms. The summed E-state index contributed by atoms with van der Waals surface area (Å²) in [6, 6.07) is 3.15. The zero-order chi connectivity index (χ0) is 12.1. The van der Waals surface area contributed by atoms with Gasteiger partial charge in [0.25, 0.3) is 0 Å². The van der Waals surface area contributed by atoms with Gasteiger partial charge in [-0.05, 0) is 6.07 Å². The molecular formula is C11H16FNO3. The Hall–Kier alpha value is -1.17. The molecule has 1 unspecified atom stereocenters. The number of hydrogen-bond acceptors (Lipinski definition) is 4. The van der Waals surface area contributed by atoms with Crippen LogP contribution in [0.25, 0.3) is 0 Å². The van der Waals surface area contributed by atoms with Crippen LogP contribution in [0, 0.1) is 5.82 Å². The number of aliphatic hydroxyl groups is 1. The fraction of sp³-hybridized carbons (Fsp3) is 0.455. The standard InChI is InChI=1S/C11H16FNO3/c1-15-6-7-3-4-9(16-2)10(11(7)12)8(14)5-13/h3-4,8,14H,5-6,13H2,1-2H3. The first-order valence-electron chi connectivity index (χ1n) is 4.88. The lowest BCUT2D eigenvalue weighted by Gasteiger charge is -2.16. The molecule has 90 valence electrons. The van der Waals surface area contributed by atoms with Gasteiger partial charge in [0.15, 0.2) is 0 Å². The van der Waals surface area contributed by atoms with Crippen molar-refractivity contribution in [2.24, 2.45) is 5.73 Å². The van der Waals surface area contributed by atoms with Crippen LogP contribution in [0.5, 0.6) is 5.75 Å². The van der Waals surface area contributed by atoms with Crippen molar-refractivity contribution in [2.75, 3.05) is 20.8 Å². The van der Waals surface area contributed by atoms with Crippen LogP contribution < -0.4 is 10.5 Å². The Kier molecular flexibility index (Phi) is 4.67. The first kappa shape index (κ1) is 12.9. The molecule has 0 aliphatic carbocycles. The zero-order valence-electron chi connectivity index (χ0n) is 9.37. The SMILES string of the molecule is COCc1ccc(OC)c(C(O)CN)c1F. The lowest BCUT2D eigenvalue weighted by molar-refractivity contribution is 0.168. The van der Waals surface area contributed by atoms with E-state index in [-0.39, 0.29) is 24.5 Å². The van der Waals surface area contributed by atoms with Crippen molar-refractivity contribution in [3.05, 3.63) is 29.1 Å². The molecule has 0 heterocycles. The molecule has 0 radical (unpaired) electrons. The minimum absolute atomic E-state index is 0.0658. The third kappa shape index (κ3) is 2.49. The third-order valence-corrected chi connectivity index (χ3v) is 2.30. The second-order valence-electron chi connectivity index (χ2n) is 3.34. The molecule has 3 N–H and O–H groups in total. The molecule has 0 aromatic heterocycles. The van der Waals surface area contributed by atoms with Crippen LogP contribution >= 0.6 is 0 Å². The fourth-order valence-electron chi connectivity index (χ4n) is 1.49. The summed E-state index contributed by atoms with van der Waals surface area (Å²) < 4.78 is 23.8. The predicted molar refractivity (Wildman–Crippen MR) is 57.7 cm³/mol. The summed E-state index contributed by atoms with van der Waals surface area (Å²) in [7, 11) is 2.89. The molecule has 0 aliphatic heterocycles. The van der Waals surface area contributed by atoms with E-state index >= 15 is 0 Å². The average molecular weight is 229 g/mol. The summed E-state index contributed by atoms with van der Waals surface area (Å²) in [6.07, 6.45) is -1.08. The lowest BCUT2D eigenvalue weighted by atomic mass is 10.0. The highest BCUT2D eigenvalue weighted by molar-refractivity contribution is 5.40. The molecule has 1 rings (SSSR count). The van der Waals surface area contributed by atoms with Crippen molar-refractivity contribution in [1.29, 1.82) is 0 Å². The smallest absolute Gasteiger partial charge is 0.138 e. The fourth-order valence-corrected chi connectivity index (χ4v) is 1.49. The van der Waals surface area contributed by atoms with Crippen molar-refractivity contribution >= 4 is 0 Å². The number of benzene rings is 1. The number of hydrogen-bond donors (Lipinski definition) is 2. The van der Waals surface area contributed by atoms with Crippen molar-refractivity contribution < 1.29 is 19.0 Å². The Bertz CT molecular complexity index is 357. The minimum Gasteiger partial charge on any atom is -0.496 e. The summed E-state index contributed by atoms with van der Waals surface area (Å²) in [5.74, 6) is -0.241. The van der Waals surface area contributed by atoms with Gasteiger partial charge in [0, 0.05) is 19.2 Å². The second-order valence-corrected chi connectivity index (χ2v) is 3.34. The Morgan fingerprint density at radius 3 is 2.62 bits per heavy atom. The lowest BCUT2D eigenvalue weighted by Crippen LogP contribution is -2.15. The average Bonchev–Trinajstić information content (AvgIpc) is 2.30. The van der Waals surface area contributed by atoms with E-state index in [1.54, 1.807) is 12.1 Å². The largest absolute Gasteiger partial charge is 0.496 e. The van der Waals surface area contributed by atoms with Crippen molar-refractivity contribution in [3.8, 4) is 5.75 Å². The Morgan fingerprint density at radius 2 is 2.12 bits per heavy atom. The van der Waals surface area contributed by atoms with Crippen LogP contribution in [-0.4, -0.2) is 25.9 Å². The molecule has 1 aromatic carbocycles. The number of rotatable bonds is 5. The number of nitrogens with two attached hydrogens (primary N) is 1. The molecule has 4 nitrogen and oxygen atoms in total. The first-order valence-corrected chi connectivity index (χ1v) is 4.88. The number of aliphatic hydroxyl groups excluding tert-OH is 1. The quantitative estimate of drug-likeness (QED) is 0.789. The normalized spacial score (nSPS) is 12.6. The first-order chi connectivity index (χ1) is 7.65. The zero-order valence-corrected chi connectivity index (χ0v) is 9.37.